The average Bonchev–Trinajstić information content (AvgIpc) is 3.09. The maximum absolute atomic E-state index is 12.4. The Kier molecular flexibility index (Phi) is 5.81. The van der Waals surface area contributed by atoms with Gasteiger partial charge in [0.1, 0.15) is 5.75 Å². The highest BCUT2D eigenvalue weighted by Crippen LogP contribution is 2.26. The fourth-order valence-corrected chi connectivity index (χ4v) is 3.84. The first-order valence-electron chi connectivity index (χ1n) is 8.52. The molecule has 0 unspecified atom stereocenters. The molecule has 0 saturated heterocycles. The van der Waals surface area contributed by atoms with Gasteiger partial charge in [-0.15, -0.1) is 11.3 Å². The number of hydrogen-bond acceptors (Lipinski definition) is 6. The number of carbonyl (C=O) groups is 1. The van der Waals surface area contributed by atoms with Crippen molar-refractivity contribution in [3.05, 3.63) is 59.5 Å². The van der Waals surface area contributed by atoms with E-state index in [4.69, 9.17) is 4.74 Å². The molecule has 1 amide bonds. The second kappa shape index (κ2) is 8.12. The first kappa shape index (κ1) is 20.0. The van der Waals surface area contributed by atoms with Crippen molar-refractivity contribution in [1.29, 1.82) is 0 Å². The Morgan fingerprint density at radius 1 is 1.18 bits per heavy atom. The van der Waals surface area contributed by atoms with Gasteiger partial charge in [-0.25, -0.2) is 13.4 Å². The van der Waals surface area contributed by atoms with Crippen LogP contribution in [0.3, 0.4) is 0 Å². The highest BCUT2D eigenvalue weighted by Gasteiger charge is 2.17. The van der Waals surface area contributed by atoms with Crippen LogP contribution < -0.4 is 10.1 Å². The molecule has 0 radical (unpaired) electrons. The molecule has 0 aliphatic rings. The molecule has 1 N–H and O–H groups in total. The molecule has 1 atom stereocenters. The SMILES string of the molecule is Cc1cccc(O[C@H](C)C(=O)Nc2nc(-c3ccc(S(C)(=O)=O)cc3)cs2)c1. The summed E-state index contributed by atoms with van der Waals surface area (Å²) in [7, 11) is -3.24. The Bertz CT molecular complexity index is 1090. The molecule has 0 aliphatic carbocycles. The number of rotatable bonds is 6. The van der Waals surface area contributed by atoms with Crippen LogP contribution in [0.1, 0.15) is 12.5 Å². The van der Waals surface area contributed by atoms with E-state index < -0.39 is 15.9 Å². The summed E-state index contributed by atoms with van der Waals surface area (Å²) >= 11 is 1.29. The molecule has 6 nitrogen and oxygen atoms in total. The highest BCUT2D eigenvalue weighted by molar-refractivity contribution is 7.90. The molecule has 0 spiro atoms. The summed E-state index contributed by atoms with van der Waals surface area (Å²) in [6.45, 7) is 3.63. The van der Waals surface area contributed by atoms with Crippen LogP contribution in [-0.4, -0.2) is 31.7 Å². The molecule has 28 heavy (non-hydrogen) atoms. The predicted molar refractivity (Wildman–Crippen MR) is 111 cm³/mol. The van der Waals surface area contributed by atoms with E-state index >= 15 is 0 Å². The summed E-state index contributed by atoms with van der Waals surface area (Å²) in [6.07, 6.45) is 0.488. The third-order valence-corrected chi connectivity index (χ3v) is 5.87. The average molecular weight is 417 g/mol. The number of benzene rings is 2. The van der Waals surface area contributed by atoms with Crippen LogP contribution >= 0.6 is 11.3 Å². The van der Waals surface area contributed by atoms with Gasteiger partial charge in [0.15, 0.2) is 21.1 Å². The first-order valence-corrected chi connectivity index (χ1v) is 11.3. The summed E-state index contributed by atoms with van der Waals surface area (Å²) in [5.41, 5.74) is 2.48. The maximum atomic E-state index is 12.4. The summed E-state index contributed by atoms with van der Waals surface area (Å²) < 4.78 is 28.8. The minimum absolute atomic E-state index is 0.252. The number of amides is 1. The lowest BCUT2D eigenvalue weighted by Gasteiger charge is -2.14. The van der Waals surface area contributed by atoms with E-state index in [1.165, 1.54) is 17.6 Å². The lowest BCUT2D eigenvalue weighted by Crippen LogP contribution is -2.30. The molecule has 0 fully saturated rings. The van der Waals surface area contributed by atoms with Crippen LogP contribution in [0.15, 0.2) is 58.8 Å². The number of nitrogens with zero attached hydrogens (tertiary/aromatic N) is 1. The molecule has 3 rings (SSSR count). The van der Waals surface area contributed by atoms with Gasteiger partial charge in [-0.05, 0) is 43.7 Å². The van der Waals surface area contributed by atoms with Crippen LogP contribution in [0.4, 0.5) is 5.13 Å². The Hall–Kier alpha value is -2.71. The van der Waals surface area contributed by atoms with Gasteiger partial charge in [0.2, 0.25) is 0 Å². The molecular weight excluding hydrogens is 396 g/mol. The first-order chi connectivity index (χ1) is 13.2. The van der Waals surface area contributed by atoms with E-state index in [2.05, 4.69) is 10.3 Å². The fourth-order valence-electron chi connectivity index (χ4n) is 2.49. The zero-order valence-corrected chi connectivity index (χ0v) is 17.3. The molecule has 3 aromatic rings. The normalized spacial score (nSPS) is 12.4. The molecule has 0 saturated carbocycles. The van der Waals surface area contributed by atoms with Crippen LogP contribution in [0.2, 0.25) is 0 Å². The van der Waals surface area contributed by atoms with Crippen LogP contribution in [0.5, 0.6) is 5.75 Å². The van der Waals surface area contributed by atoms with Crippen LogP contribution in [-0.2, 0) is 14.6 Å². The van der Waals surface area contributed by atoms with Crippen molar-refractivity contribution in [1.82, 2.24) is 4.98 Å². The van der Waals surface area contributed by atoms with Crippen LogP contribution in [0, 0.1) is 6.92 Å². The van der Waals surface area contributed by atoms with Gasteiger partial charge in [0.25, 0.3) is 5.91 Å². The van der Waals surface area contributed by atoms with Crippen molar-refractivity contribution in [2.45, 2.75) is 24.8 Å². The molecular formula is C20H20N2O4S2. The predicted octanol–water partition coefficient (Wildman–Crippen LogP) is 3.93. The molecule has 0 bridgehead atoms. The van der Waals surface area contributed by atoms with Crippen molar-refractivity contribution < 1.29 is 17.9 Å². The standard InChI is InChI=1S/C20H20N2O4S2/c1-13-5-4-6-16(11-13)26-14(2)19(23)22-20-21-18(12-27-20)15-7-9-17(10-8-15)28(3,24)25/h4-12,14H,1-3H3,(H,21,22,23)/t14-/m1/s1. The zero-order valence-electron chi connectivity index (χ0n) is 15.7. The van der Waals surface area contributed by atoms with Gasteiger partial charge < -0.3 is 4.74 Å². The topological polar surface area (TPSA) is 85.4 Å². The maximum Gasteiger partial charge on any atom is 0.266 e. The van der Waals surface area contributed by atoms with E-state index in [1.54, 1.807) is 42.6 Å². The van der Waals surface area contributed by atoms with Gasteiger partial charge in [-0.1, -0.05) is 24.3 Å². The van der Waals surface area contributed by atoms with Gasteiger partial charge >= 0.3 is 0 Å². The van der Waals surface area contributed by atoms with Gasteiger partial charge in [-0.3, -0.25) is 10.1 Å². The Morgan fingerprint density at radius 2 is 1.89 bits per heavy atom. The number of anilines is 1. The Balaban J connectivity index is 1.66. The van der Waals surface area contributed by atoms with Crippen molar-refractivity contribution in [2.24, 2.45) is 0 Å². The fraction of sp³-hybridized carbons (Fsp3) is 0.200. The molecule has 1 heterocycles. The van der Waals surface area contributed by atoms with Crippen molar-refractivity contribution in [3.8, 4) is 17.0 Å². The smallest absolute Gasteiger partial charge is 0.266 e. The van der Waals surface area contributed by atoms with Crippen molar-refractivity contribution in [3.63, 3.8) is 0 Å². The van der Waals surface area contributed by atoms with E-state index in [0.717, 1.165) is 11.1 Å². The zero-order chi connectivity index (χ0) is 20.3. The third kappa shape index (κ3) is 4.96. The Morgan fingerprint density at radius 3 is 2.54 bits per heavy atom. The van der Waals surface area contributed by atoms with Crippen molar-refractivity contribution >= 4 is 32.2 Å². The highest BCUT2D eigenvalue weighted by atomic mass is 32.2. The minimum atomic E-state index is -3.24. The summed E-state index contributed by atoms with van der Waals surface area (Å²) in [5, 5.41) is 5.00. The molecule has 146 valence electrons. The number of ether oxygens (including phenoxy) is 1. The van der Waals surface area contributed by atoms with E-state index in [1.807, 2.05) is 25.1 Å². The quantitative estimate of drug-likeness (QED) is 0.658. The number of thiazole rings is 1. The van der Waals surface area contributed by atoms with Gasteiger partial charge in [0.05, 0.1) is 10.6 Å². The van der Waals surface area contributed by atoms with Gasteiger partial charge in [0, 0.05) is 17.2 Å². The summed E-state index contributed by atoms with van der Waals surface area (Å²) in [4.78, 5) is 17.0. The number of aryl methyl sites for hydroxylation is 1. The summed E-state index contributed by atoms with van der Waals surface area (Å²) in [6, 6.07) is 14.0. The van der Waals surface area contributed by atoms with E-state index in [0.29, 0.717) is 16.6 Å². The third-order valence-electron chi connectivity index (χ3n) is 3.98. The molecule has 1 aromatic heterocycles. The van der Waals surface area contributed by atoms with E-state index in [-0.39, 0.29) is 10.8 Å². The lowest BCUT2D eigenvalue weighted by molar-refractivity contribution is -0.122. The number of sulfone groups is 1. The number of carbonyl (C=O) groups excluding carboxylic acids is 1. The minimum Gasteiger partial charge on any atom is -0.481 e. The number of aromatic nitrogens is 1. The lowest BCUT2D eigenvalue weighted by atomic mass is 10.2. The second-order valence-electron chi connectivity index (χ2n) is 6.40. The monoisotopic (exact) mass is 416 g/mol. The molecule has 2 aromatic carbocycles. The summed E-state index contributed by atoms with van der Waals surface area (Å²) in [5.74, 6) is 0.336. The van der Waals surface area contributed by atoms with Crippen LogP contribution in [0.25, 0.3) is 11.3 Å². The van der Waals surface area contributed by atoms with Gasteiger partial charge in [-0.2, -0.15) is 0 Å². The van der Waals surface area contributed by atoms with Crippen molar-refractivity contribution in [2.75, 3.05) is 11.6 Å². The van der Waals surface area contributed by atoms with E-state index in [9.17, 15) is 13.2 Å². The molecule has 8 heteroatoms. The Labute approximate surface area is 168 Å². The molecule has 0 aliphatic heterocycles. The number of nitrogens with one attached hydrogen (secondary N) is 1. The largest absolute Gasteiger partial charge is 0.481 e. The number of hydrogen-bond donors (Lipinski definition) is 1. The second-order valence-corrected chi connectivity index (χ2v) is 9.27.